The maximum atomic E-state index is 12.6. The summed E-state index contributed by atoms with van der Waals surface area (Å²) in [6.45, 7) is 6.16. The summed E-state index contributed by atoms with van der Waals surface area (Å²) in [5.41, 5.74) is 1.79. The number of carbonyl (C=O) groups excluding carboxylic acids is 1. The van der Waals surface area contributed by atoms with Crippen molar-refractivity contribution < 1.29 is 24.2 Å². The number of hydrogen-bond donors (Lipinski definition) is 2. The lowest BCUT2D eigenvalue weighted by molar-refractivity contribution is -0.148. The Hall–Kier alpha value is -2.78. The number of aliphatic carboxylic acids is 1. The predicted molar refractivity (Wildman–Crippen MR) is 105 cm³/mol. The van der Waals surface area contributed by atoms with Crippen molar-refractivity contribution in [2.75, 3.05) is 33.0 Å². The maximum absolute atomic E-state index is 12.6. The molecule has 0 spiro atoms. The van der Waals surface area contributed by atoms with Crippen LogP contribution in [0.2, 0.25) is 0 Å². The number of hydrogen-bond acceptors (Lipinski definition) is 6. The third-order valence-electron chi connectivity index (χ3n) is 5.12. The summed E-state index contributed by atoms with van der Waals surface area (Å²) < 4.78 is 12.3. The van der Waals surface area contributed by atoms with Crippen molar-refractivity contribution in [2.24, 2.45) is 5.41 Å². The topological polar surface area (TPSA) is 116 Å². The van der Waals surface area contributed by atoms with E-state index in [1.807, 2.05) is 32.2 Å². The van der Waals surface area contributed by atoms with E-state index in [1.165, 1.54) is 0 Å². The molecule has 1 fully saturated rings. The molecule has 1 unspecified atom stereocenters. The number of benzene rings is 1. The Balaban J connectivity index is 1.66. The van der Waals surface area contributed by atoms with Crippen LogP contribution in [0.15, 0.2) is 24.4 Å². The summed E-state index contributed by atoms with van der Waals surface area (Å²) in [4.78, 5) is 24.2. The fourth-order valence-electron chi connectivity index (χ4n) is 3.26. The highest BCUT2D eigenvalue weighted by molar-refractivity contribution is 5.96. The van der Waals surface area contributed by atoms with Crippen LogP contribution in [0, 0.1) is 12.3 Å². The first-order valence-electron chi connectivity index (χ1n) is 9.63. The van der Waals surface area contributed by atoms with Crippen LogP contribution < -0.4 is 5.32 Å². The van der Waals surface area contributed by atoms with Crippen LogP contribution in [0.1, 0.15) is 29.3 Å². The van der Waals surface area contributed by atoms with E-state index in [4.69, 9.17) is 9.47 Å². The summed E-state index contributed by atoms with van der Waals surface area (Å²) in [6.07, 6.45) is 2.23. The van der Waals surface area contributed by atoms with Gasteiger partial charge in [0.2, 0.25) is 0 Å². The average Bonchev–Trinajstić information content (AvgIpc) is 3.37. The molecule has 156 valence electrons. The van der Waals surface area contributed by atoms with Gasteiger partial charge in [-0.05, 0) is 38.0 Å². The number of carboxylic acids is 1. The van der Waals surface area contributed by atoms with E-state index >= 15 is 0 Å². The third-order valence-corrected chi connectivity index (χ3v) is 5.12. The van der Waals surface area contributed by atoms with Crippen LogP contribution in [0.5, 0.6) is 0 Å². The van der Waals surface area contributed by atoms with Gasteiger partial charge in [-0.1, -0.05) is 11.3 Å². The Bertz CT molecular complexity index is 874. The smallest absolute Gasteiger partial charge is 0.313 e. The number of aromatic nitrogens is 3. The lowest BCUT2D eigenvalue weighted by Gasteiger charge is -2.22. The molecule has 1 aliphatic heterocycles. The summed E-state index contributed by atoms with van der Waals surface area (Å²) >= 11 is 0. The minimum Gasteiger partial charge on any atom is -0.481 e. The Morgan fingerprint density at radius 1 is 1.41 bits per heavy atom. The monoisotopic (exact) mass is 402 g/mol. The van der Waals surface area contributed by atoms with Crippen molar-refractivity contribution in [3.8, 4) is 11.3 Å². The molecule has 9 heteroatoms. The van der Waals surface area contributed by atoms with Crippen LogP contribution in [0.25, 0.3) is 11.3 Å². The van der Waals surface area contributed by atoms with Crippen LogP contribution in [0.3, 0.4) is 0 Å². The van der Waals surface area contributed by atoms with Crippen LogP contribution in [0.4, 0.5) is 0 Å². The quantitative estimate of drug-likeness (QED) is 0.611. The van der Waals surface area contributed by atoms with Crippen molar-refractivity contribution in [1.29, 1.82) is 0 Å². The normalized spacial score (nSPS) is 18.7. The molecule has 0 saturated carbocycles. The van der Waals surface area contributed by atoms with Gasteiger partial charge in [-0.15, -0.1) is 5.10 Å². The zero-order valence-corrected chi connectivity index (χ0v) is 16.7. The van der Waals surface area contributed by atoms with Gasteiger partial charge in [-0.3, -0.25) is 9.59 Å². The zero-order valence-electron chi connectivity index (χ0n) is 16.7. The first kappa shape index (κ1) is 20.9. The molecule has 0 radical (unpaired) electrons. The van der Waals surface area contributed by atoms with Gasteiger partial charge in [0, 0.05) is 30.9 Å². The largest absolute Gasteiger partial charge is 0.481 e. The standard InChI is InChI=1S/C20H26N4O5/c1-3-28-9-7-24-11-17(22-23-24)15-4-5-16(14(2)10-15)18(25)21-12-20(19(26)27)6-8-29-13-20/h4-5,10-11H,3,6-9,12-13H2,1-2H3,(H,21,25)(H,26,27). The van der Waals surface area contributed by atoms with Gasteiger partial charge < -0.3 is 19.9 Å². The molecule has 0 aliphatic carbocycles. The first-order valence-corrected chi connectivity index (χ1v) is 9.63. The SMILES string of the molecule is CCOCCn1cc(-c2ccc(C(=O)NCC3(C(=O)O)CCOC3)c(C)c2)nn1. The van der Waals surface area contributed by atoms with Gasteiger partial charge in [0.1, 0.15) is 11.1 Å². The van der Waals surface area contributed by atoms with Crippen molar-refractivity contribution in [3.05, 3.63) is 35.5 Å². The van der Waals surface area contributed by atoms with Crippen LogP contribution in [-0.2, 0) is 20.8 Å². The second-order valence-electron chi connectivity index (χ2n) is 7.16. The molecule has 2 aromatic rings. The van der Waals surface area contributed by atoms with E-state index in [0.717, 1.165) is 11.1 Å². The minimum atomic E-state index is -1.05. The molecule has 0 bridgehead atoms. The molecule has 3 rings (SSSR count). The number of nitrogens with one attached hydrogen (secondary N) is 1. The van der Waals surface area contributed by atoms with E-state index in [-0.39, 0.29) is 19.1 Å². The molecule has 1 aromatic carbocycles. The number of rotatable bonds is 9. The summed E-state index contributed by atoms with van der Waals surface area (Å²) in [5.74, 6) is -1.25. The van der Waals surface area contributed by atoms with E-state index in [9.17, 15) is 14.7 Å². The minimum absolute atomic E-state index is 0.0382. The highest BCUT2D eigenvalue weighted by Crippen LogP contribution is 2.28. The molecule has 29 heavy (non-hydrogen) atoms. The number of ether oxygens (including phenoxy) is 2. The molecule has 1 amide bonds. The summed E-state index contributed by atoms with van der Waals surface area (Å²) in [5, 5.41) is 20.5. The van der Waals surface area contributed by atoms with Crippen molar-refractivity contribution >= 4 is 11.9 Å². The lowest BCUT2D eigenvalue weighted by atomic mass is 9.87. The number of carbonyl (C=O) groups is 2. The van der Waals surface area contributed by atoms with Gasteiger partial charge in [-0.2, -0.15) is 0 Å². The molecule has 1 aliphatic rings. The third kappa shape index (κ3) is 4.80. The van der Waals surface area contributed by atoms with E-state index in [2.05, 4.69) is 15.6 Å². The maximum Gasteiger partial charge on any atom is 0.313 e. The van der Waals surface area contributed by atoms with Gasteiger partial charge in [-0.25, -0.2) is 4.68 Å². The molecular formula is C20H26N4O5. The predicted octanol–water partition coefficient (Wildman–Crippen LogP) is 1.51. The summed E-state index contributed by atoms with van der Waals surface area (Å²) in [7, 11) is 0. The number of nitrogens with zero attached hydrogens (tertiary/aromatic N) is 3. The van der Waals surface area contributed by atoms with Gasteiger partial charge in [0.05, 0.1) is 26.0 Å². The average molecular weight is 402 g/mol. The molecular weight excluding hydrogens is 376 g/mol. The molecule has 2 heterocycles. The van der Waals surface area contributed by atoms with Gasteiger partial charge >= 0.3 is 5.97 Å². The van der Waals surface area contributed by atoms with Crippen molar-refractivity contribution in [2.45, 2.75) is 26.8 Å². The first-order chi connectivity index (χ1) is 13.9. The van der Waals surface area contributed by atoms with Crippen LogP contribution >= 0.6 is 0 Å². The number of amides is 1. The Morgan fingerprint density at radius 3 is 2.90 bits per heavy atom. The number of carboxylic acid groups (broad SMARTS) is 1. The fourth-order valence-corrected chi connectivity index (χ4v) is 3.26. The highest BCUT2D eigenvalue weighted by Gasteiger charge is 2.42. The van der Waals surface area contributed by atoms with E-state index < -0.39 is 11.4 Å². The molecule has 1 aromatic heterocycles. The van der Waals surface area contributed by atoms with Crippen LogP contribution in [-0.4, -0.2) is 64.9 Å². The molecule has 1 saturated heterocycles. The van der Waals surface area contributed by atoms with Crippen molar-refractivity contribution in [3.63, 3.8) is 0 Å². The molecule has 2 N–H and O–H groups in total. The second-order valence-corrected chi connectivity index (χ2v) is 7.16. The Labute approximate surface area is 169 Å². The number of aryl methyl sites for hydroxylation is 1. The molecule has 1 atom stereocenters. The Kier molecular flexibility index (Phi) is 6.60. The van der Waals surface area contributed by atoms with Gasteiger partial charge in [0.15, 0.2) is 0 Å². The van der Waals surface area contributed by atoms with Gasteiger partial charge in [0.25, 0.3) is 5.91 Å². The second kappa shape index (κ2) is 9.15. The molecule has 9 nitrogen and oxygen atoms in total. The lowest BCUT2D eigenvalue weighted by Crippen LogP contribution is -2.43. The Morgan fingerprint density at radius 2 is 2.24 bits per heavy atom. The summed E-state index contributed by atoms with van der Waals surface area (Å²) in [6, 6.07) is 5.40. The highest BCUT2D eigenvalue weighted by atomic mass is 16.5. The zero-order chi connectivity index (χ0) is 20.9. The fraction of sp³-hybridized carbons (Fsp3) is 0.500. The van der Waals surface area contributed by atoms with E-state index in [1.54, 1.807) is 10.7 Å². The van der Waals surface area contributed by atoms with E-state index in [0.29, 0.717) is 44.0 Å². The van der Waals surface area contributed by atoms with Crippen molar-refractivity contribution in [1.82, 2.24) is 20.3 Å².